The zero-order valence-electron chi connectivity index (χ0n) is 14.4. The number of nitrogens with zero attached hydrogens (tertiary/aromatic N) is 4. The standard InChI is InChI=1S/C17H13F5N4O/c1-4-26(3)7-24-10-5-9(6-23)17(25-8(10)2)27-16-14(21)12(19)11(18)13(20)15(16)22/h5,7H,4H2,1-3H3. The number of hydrogen-bond acceptors (Lipinski definition) is 4. The van der Waals surface area contributed by atoms with Gasteiger partial charge in [-0.3, -0.25) is 0 Å². The van der Waals surface area contributed by atoms with Crippen molar-refractivity contribution < 1.29 is 26.7 Å². The molecule has 0 aliphatic rings. The second kappa shape index (κ2) is 7.99. The molecule has 0 fully saturated rings. The Bertz CT molecular complexity index is 927. The number of aromatic nitrogens is 1. The number of nitriles is 1. The van der Waals surface area contributed by atoms with Gasteiger partial charge in [-0.05, 0) is 19.9 Å². The largest absolute Gasteiger partial charge is 0.431 e. The number of rotatable bonds is 5. The molecule has 2 rings (SSSR count). The van der Waals surface area contributed by atoms with E-state index in [0.29, 0.717) is 6.54 Å². The SMILES string of the molecule is CCN(C)C=Nc1cc(C#N)c(Oc2c(F)c(F)c(F)c(F)c2F)nc1C. The molecule has 0 aliphatic heterocycles. The van der Waals surface area contributed by atoms with E-state index in [2.05, 4.69) is 9.98 Å². The average Bonchev–Trinajstić information content (AvgIpc) is 2.67. The monoisotopic (exact) mass is 384 g/mol. The summed E-state index contributed by atoms with van der Waals surface area (Å²) in [6, 6.07) is 2.91. The van der Waals surface area contributed by atoms with Crippen molar-refractivity contribution in [1.82, 2.24) is 9.88 Å². The van der Waals surface area contributed by atoms with E-state index in [9.17, 15) is 27.2 Å². The first-order valence-corrected chi connectivity index (χ1v) is 7.56. The summed E-state index contributed by atoms with van der Waals surface area (Å²) in [6.45, 7) is 4.03. The van der Waals surface area contributed by atoms with Crippen molar-refractivity contribution in [2.75, 3.05) is 13.6 Å². The number of ether oxygens (including phenoxy) is 1. The lowest BCUT2D eigenvalue weighted by molar-refractivity contribution is 0.327. The van der Waals surface area contributed by atoms with Crippen molar-refractivity contribution in [1.29, 1.82) is 5.26 Å². The van der Waals surface area contributed by atoms with Crippen LogP contribution in [0.2, 0.25) is 0 Å². The molecule has 0 aliphatic carbocycles. The number of halogens is 5. The Balaban J connectivity index is 2.52. The van der Waals surface area contributed by atoms with Crippen molar-refractivity contribution in [2.45, 2.75) is 13.8 Å². The van der Waals surface area contributed by atoms with Crippen molar-refractivity contribution in [2.24, 2.45) is 4.99 Å². The first-order chi connectivity index (χ1) is 12.7. The molecule has 1 heterocycles. The van der Waals surface area contributed by atoms with E-state index in [0.717, 1.165) is 0 Å². The molecule has 0 amide bonds. The van der Waals surface area contributed by atoms with E-state index in [1.165, 1.54) is 19.3 Å². The zero-order chi connectivity index (χ0) is 20.3. The average molecular weight is 384 g/mol. The maximum atomic E-state index is 13.8. The molecule has 0 unspecified atom stereocenters. The highest BCUT2D eigenvalue weighted by Crippen LogP contribution is 2.34. The van der Waals surface area contributed by atoms with Gasteiger partial charge in [0.05, 0.1) is 17.7 Å². The van der Waals surface area contributed by atoms with Gasteiger partial charge in [0, 0.05) is 13.6 Å². The minimum atomic E-state index is -2.31. The summed E-state index contributed by atoms with van der Waals surface area (Å²) < 4.78 is 72.0. The van der Waals surface area contributed by atoms with E-state index in [1.54, 1.807) is 18.0 Å². The van der Waals surface area contributed by atoms with Gasteiger partial charge < -0.3 is 9.64 Å². The molecular weight excluding hydrogens is 371 g/mol. The highest BCUT2D eigenvalue weighted by Gasteiger charge is 2.28. The summed E-state index contributed by atoms with van der Waals surface area (Å²) in [5.41, 5.74) is 0.195. The van der Waals surface area contributed by atoms with Gasteiger partial charge in [0.2, 0.25) is 40.7 Å². The number of aryl methyl sites for hydroxylation is 1. The van der Waals surface area contributed by atoms with Crippen LogP contribution in [0.15, 0.2) is 11.1 Å². The fraction of sp³-hybridized carbons (Fsp3) is 0.235. The van der Waals surface area contributed by atoms with E-state index in [1.807, 2.05) is 6.92 Å². The molecule has 0 saturated heterocycles. The number of hydrogen-bond donors (Lipinski definition) is 0. The quantitative estimate of drug-likeness (QED) is 0.253. The van der Waals surface area contributed by atoms with Gasteiger partial charge in [-0.15, -0.1) is 0 Å². The fourth-order valence-electron chi connectivity index (χ4n) is 1.87. The Labute approximate surface area is 151 Å². The van der Waals surface area contributed by atoms with Crippen molar-refractivity contribution >= 4 is 12.0 Å². The molecule has 27 heavy (non-hydrogen) atoms. The van der Waals surface area contributed by atoms with Crippen LogP contribution < -0.4 is 4.74 Å². The normalized spacial score (nSPS) is 10.9. The molecule has 0 radical (unpaired) electrons. The van der Waals surface area contributed by atoms with E-state index >= 15 is 0 Å². The topological polar surface area (TPSA) is 61.5 Å². The molecule has 5 nitrogen and oxygen atoms in total. The predicted octanol–water partition coefficient (Wildman–Crippen LogP) is 4.36. The maximum Gasteiger partial charge on any atom is 0.237 e. The molecule has 10 heteroatoms. The third-order valence-electron chi connectivity index (χ3n) is 3.53. The molecule has 142 valence electrons. The van der Waals surface area contributed by atoms with E-state index in [-0.39, 0.29) is 16.9 Å². The van der Waals surface area contributed by atoms with Crippen LogP contribution >= 0.6 is 0 Å². The fourth-order valence-corrected chi connectivity index (χ4v) is 1.87. The maximum absolute atomic E-state index is 13.8. The third-order valence-corrected chi connectivity index (χ3v) is 3.53. The third kappa shape index (κ3) is 3.97. The first-order valence-electron chi connectivity index (χ1n) is 7.56. The highest BCUT2D eigenvalue weighted by atomic mass is 19.2. The molecule has 0 saturated carbocycles. The Morgan fingerprint density at radius 1 is 1.15 bits per heavy atom. The Morgan fingerprint density at radius 3 is 2.22 bits per heavy atom. The van der Waals surface area contributed by atoms with Crippen LogP contribution in [0, 0.1) is 47.3 Å². The molecule has 0 atom stereocenters. The zero-order valence-corrected chi connectivity index (χ0v) is 14.4. The van der Waals surface area contributed by atoms with Crippen LogP contribution in [0.4, 0.5) is 27.6 Å². The Hall–Kier alpha value is -3.22. The van der Waals surface area contributed by atoms with Crippen molar-refractivity contribution in [3.63, 3.8) is 0 Å². The summed E-state index contributed by atoms with van der Waals surface area (Å²) >= 11 is 0. The summed E-state index contributed by atoms with van der Waals surface area (Å²) in [4.78, 5) is 9.72. The second-order valence-corrected chi connectivity index (χ2v) is 5.38. The summed E-state index contributed by atoms with van der Waals surface area (Å²) in [5.74, 6) is -13.1. The van der Waals surface area contributed by atoms with Crippen LogP contribution in [0.1, 0.15) is 18.2 Å². The van der Waals surface area contributed by atoms with Crippen LogP contribution in [0.3, 0.4) is 0 Å². The number of aliphatic imine (C=N–C) groups is 1. The van der Waals surface area contributed by atoms with Gasteiger partial charge in [0.1, 0.15) is 11.6 Å². The predicted molar refractivity (Wildman–Crippen MR) is 86.5 cm³/mol. The number of benzene rings is 1. The van der Waals surface area contributed by atoms with Crippen molar-refractivity contribution in [3.05, 3.63) is 46.4 Å². The van der Waals surface area contributed by atoms with Gasteiger partial charge in [0.25, 0.3) is 0 Å². The van der Waals surface area contributed by atoms with Gasteiger partial charge in [-0.25, -0.2) is 23.1 Å². The smallest absolute Gasteiger partial charge is 0.237 e. The Morgan fingerprint density at radius 2 is 1.70 bits per heavy atom. The van der Waals surface area contributed by atoms with E-state index in [4.69, 9.17) is 4.74 Å². The Kier molecular flexibility index (Phi) is 5.95. The molecule has 0 N–H and O–H groups in total. The molecule has 2 aromatic rings. The lowest BCUT2D eigenvalue weighted by Gasteiger charge is -2.12. The summed E-state index contributed by atoms with van der Waals surface area (Å²) in [7, 11) is 1.76. The highest BCUT2D eigenvalue weighted by molar-refractivity contribution is 5.64. The van der Waals surface area contributed by atoms with Crippen LogP contribution in [-0.2, 0) is 0 Å². The lowest BCUT2D eigenvalue weighted by Crippen LogP contribution is -2.14. The second-order valence-electron chi connectivity index (χ2n) is 5.38. The summed E-state index contributed by atoms with van der Waals surface area (Å²) in [6.07, 6.45) is 1.48. The lowest BCUT2D eigenvalue weighted by atomic mass is 10.2. The minimum absolute atomic E-state index is 0.216. The van der Waals surface area contributed by atoms with Crippen LogP contribution in [-0.4, -0.2) is 29.8 Å². The summed E-state index contributed by atoms with van der Waals surface area (Å²) in [5, 5.41) is 9.20. The molecule has 0 spiro atoms. The molecule has 0 bridgehead atoms. The molecular formula is C17H13F5N4O. The van der Waals surface area contributed by atoms with Gasteiger partial charge in [-0.2, -0.15) is 14.0 Å². The number of pyridine rings is 1. The molecule has 1 aromatic carbocycles. The van der Waals surface area contributed by atoms with E-state index < -0.39 is 40.7 Å². The van der Waals surface area contributed by atoms with Gasteiger partial charge in [-0.1, -0.05) is 0 Å². The van der Waals surface area contributed by atoms with Gasteiger partial charge in [0.15, 0.2) is 0 Å². The molecule has 1 aromatic heterocycles. The van der Waals surface area contributed by atoms with Crippen LogP contribution in [0.25, 0.3) is 0 Å². The van der Waals surface area contributed by atoms with Gasteiger partial charge >= 0.3 is 0 Å². The van der Waals surface area contributed by atoms with Crippen LogP contribution in [0.5, 0.6) is 11.6 Å². The minimum Gasteiger partial charge on any atom is -0.431 e. The first kappa shape index (κ1) is 20.1. The van der Waals surface area contributed by atoms with Crippen molar-refractivity contribution in [3.8, 4) is 17.7 Å².